The summed E-state index contributed by atoms with van der Waals surface area (Å²) in [5, 5.41) is 6.42. The number of rotatable bonds is 9. The number of nitroso groups, excluding NO2 is 1. The molecule has 0 spiro atoms. The highest BCUT2D eigenvalue weighted by Crippen LogP contribution is 2.07. The maximum Gasteiger partial charge on any atom is 0.174 e. The van der Waals surface area contributed by atoms with Gasteiger partial charge in [-0.25, -0.2) is 0 Å². The molecule has 1 N–H and O–H groups in total. The molecule has 0 aromatic rings. The van der Waals surface area contributed by atoms with Crippen LogP contribution in [-0.2, 0) is 9.47 Å². The lowest BCUT2D eigenvalue weighted by atomic mass is 10.6. The fourth-order valence-electron chi connectivity index (χ4n) is 0.940. The normalized spacial score (nSPS) is 11.9. The van der Waals surface area contributed by atoms with E-state index in [1.165, 1.54) is 18.0 Å². The minimum atomic E-state index is -0.290. The summed E-state index contributed by atoms with van der Waals surface area (Å²) in [6.45, 7) is 5.51. The molecule has 88 valence electrons. The maximum atomic E-state index is 10.0. The largest absolute Gasteiger partial charge is 0.373 e. The van der Waals surface area contributed by atoms with Gasteiger partial charge in [0.05, 0.1) is 11.6 Å². The Morgan fingerprint density at radius 1 is 1.47 bits per heavy atom. The monoisotopic (exact) mass is 234 g/mol. The molecule has 0 atom stereocenters. The van der Waals surface area contributed by atoms with Crippen LogP contribution in [0.25, 0.3) is 0 Å². The van der Waals surface area contributed by atoms with Crippen molar-refractivity contribution in [2.75, 3.05) is 26.0 Å². The quantitative estimate of drug-likeness (QED) is 0.488. The molecule has 0 aliphatic rings. The van der Waals surface area contributed by atoms with Gasteiger partial charge in [-0.05, 0) is 25.3 Å². The van der Waals surface area contributed by atoms with Crippen LogP contribution in [0.5, 0.6) is 0 Å². The second kappa shape index (κ2) is 9.95. The van der Waals surface area contributed by atoms with E-state index in [9.17, 15) is 4.91 Å². The van der Waals surface area contributed by atoms with Crippen molar-refractivity contribution in [3.63, 3.8) is 0 Å². The van der Waals surface area contributed by atoms with Crippen molar-refractivity contribution in [3.05, 3.63) is 16.1 Å². The zero-order valence-electron chi connectivity index (χ0n) is 9.36. The topological polar surface area (TPSA) is 59.9 Å². The number of ether oxygens (including phenoxy) is 2. The Kier molecular flexibility index (Phi) is 9.55. The SMILES string of the molecule is CCOC(CN/C(=C/N=O)SC)OCC. The molecule has 15 heavy (non-hydrogen) atoms. The molecule has 0 aliphatic heterocycles. The van der Waals surface area contributed by atoms with Gasteiger partial charge in [-0.15, -0.1) is 16.7 Å². The average Bonchev–Trinajstić information content (AvgIpc) is 2.24. The van der Waals surface area contributed by atoms with Gasteiger partial charge in [0.15, 0.2) is 6.29 Å². The van der Waals surface area contributed by atoms with Crippen molar-refractivity contribution in [2.24, 2.45) is 5.18 Å². The van der Waals surface area contributed by atoms with Gasteiger partial charge < -0.3 is 14.8 Å². The van der Waals surface area contributed by atoms with Crippen molar-refractivity contribution >= 4 is 11.8 Å². The van der Waals surface area contributed by atoms with E-state index in [1.807, 2.05) is 20.1 Å². The first-order valence-corrected chi connectivity index (χ1v) is 6.04. The fraction of sp³-hybridized carbons (Fsp3) is 0.778. The zero-order chi connectivity index (χ0) is 11.5. The van der Waals surface area contributed by atoms with Crippen LogP contribution in [0.4, 0.5) is 0 Å². The fourth-order valence-corrected chi connectivity index (χ4v) is 1.32. The predicted molar refractivity (Wildman–Crippen MR) is 62.4 cm³/mol. The third-order valence-electron chi connectivity index (χ3n) is 1.54. The summed E-state index contributed by atoms with van der Waals surface area (Å²) in [5.41, 5.74) is 0. The van der Waals surface area contributed by atoms with Gasteiger partial charge >= 0.3 is 0 Å². The van der Waals surface area contributed by atoms with Crippen molar-refractivity contribution in [3.8, 4) is 0 Å². The third kappa shape index (κ3) is 7.35. The highest BCUT2D eigenvalue weighted by molar-refractivity contribution is 8.02. The highest BCUT2D eigenvalue weighted by atomic mass is 32.2. The standard InChI is InChI=1S/C9H18N2O3S/c1-4-13-9(14-5-2)7-10-8(15-3)6-11-12/h6,9-10H,4-5,7H2,1-3H3/b8-6-. The average molecular weight is 234 g/mol. The number of nitrogens with zero attached hydrogens (tertiary/aromatic N) is 1. The van der Waals surface area contributed by atoms with Crippen LogP contribution in [0.15, 0.2) is 16.4 Å². The Hall–Kier alpha value is -0.590. The lowest BCUT2D eigenvalue weighted by Gasteiger charge is -2.18. The summed E-state index contributed by atoms with van der Waals surface area (Å²) in [5.74, 6) is 0. The Labute approximate surface area is 94.6 Å². The predicted octanol–water partition coefficient (Wildman–Crippen LogP) is 1.90. The van der Waals surface area contributed by atoms with Crippen molar-refractivity contribution in [1.82, 2.24) is 5.32 Å². The lowest BCUT2D eigenvalue weighted by Crippen LogP contribution is -2.30. The molecule has 0 fully saturated rings. The van der Waals surface area contributed by atoms with Gasteiger partial charge in [0.1, 0.15) is 6.20 Å². The van der Waals surface area contributed by atoms with Gasteiger partial charge in [0.25, 0.3) is 0 Å². The maximum absolute atomic E-state index is 10.0. The minimum absolute atomic E-state index is 0.290. The van der Waals surface area contributed by atoms with Gasteiger partial charge in [-0.3, -0.25) is 0 Å². The molecule has 0 heterocycles. The van der Waals surface area contributed by atoms with E-state index >= 15 is 0 Å². The van der Waals surface area contributed by atoms with Crippen LogP contribution >= 0.6 is 11.8 Å². The van der Waals surface area contributed by atoms with Crippen LogP contribution in [0.1, 0.15) is 13.8 Å². The van der Waals surface area contributed by atoms with Crippen LogP contribution < -0.4 is 5.32 Å². The van der Waals surface area contributed by atoms with Crippen molar-refractivity contribution in [2.45, 2.75) is 20.1 Å². The number of hydrogen-bond acceptors (Lipinski definition) is 6. The molecule has 0 saturated heterocycles. The first-order valence-electron chi connectivity index (χ1n) is 4.82. The van der Waals surface area contributed by atoms with E-state index in [0.717, 1.165) is 0 Å². The summed E-state index contributed by atoms with van der Waals surface area (Å²) < 4.78 is 10.7. The molecule has 6 heteroatoms. The zero-order valence-corrected chi connectivity index (χ0v) is 10.2. The number of nitrogens with one attached hydrogen (secondary N) is 1. The molecule has 0 amide bonds. The van der Waals surface area contributed by atoms with Gasteiger partial charge in [-0.1, -0.05) is 0 Å². The summed E-state index contributed by atoms with van der Waals surface area (Å²) in [6, 6.07) is 0. The number of thioether (sulfide) groups is 1. The van der Waals surface area contributed by atoms with Gasteiger partial charge in [0, 0.05) is 13.2 Å². The Morgan fingerprint density at radius 3 is 2.47 bits per heavy atom. The second-order valence-electron chi connectivity index (χ2n) is 2.52. The molecular formula is C9H18N2O3S. The highest BCUT2D eigenvalue weighted by Gasteiger charge is 2.07. The van der Waals surface area contributed by atoms with E-state index in [4.69, 9.17) is 9.47 Å². The minimum Gasteiger partial charge on any atom is -0.373 e. The van der Waals surface area contributed by atoms with E-state index in [-0.39, 0.29) is 6.29 Å². The number of hydrogen-bond donors (Lipinski definition) is 1. The van der Waals surface area contributed by atoms with E-state index in [0.29, 0.717) is 24.8 Å². The van der Waals surface area contributed by atoms with Crippen molar-refractivity contribution in [1.29, 1.82) is 0 Å². The van der Waals surface area contributed by atoms with Crippen LogP contribution in [0.3, 0.4) is 0 Å². The Balaban J connectivity index is 3.94. The lowest BCUT2D eigenvalue weighted by molar-refractivity contribution is -0.131. The molecule has 0 aromatic heterocycles. The molecule has 0 radical (unpaired) electrons. The molecule has 0 saturated carbocycles. The van der Waals surface area contributed by atoms with E-state index in [2.05, 4.69) is 10.5 Å². The molecule has 5 nitrogen and oxygen atoms in total. The first kappa shape index (κ1) is 14.4. The van der Waals surface area contributed by atoms with Gasteiger partial charge in [-0.2, -0.15) is 0 Å². The van der Waals surface area contributed by atoms with Crippen LogP contribution in [0.2, 0.25) is 0 Å². The second-order valence-corrected chi connectivity index (χ2v) is 3.37. The molecule has 0 bridgehead atoms. The first-order chi connectivity index (χ1) is 7.28. The van der Waals surface area contributed by atoms with Crippen LogP contribution in [-0.4, -0.2) is 32.3 Å². The molecule has 0 aliphatic carbocycles. The van der Waals surface area contributed by atoms with Crippen LogP contribution in [0, 0.1) is 4.91 Å². The smallest absolute Gasteiger partial charge is 0.174 e. The summed E-state index contributed by atoms with van der Waals surface area (Å²) in [6.07, 6.45) is 2.81. The Morgan fingerprint density at radius 2 is 2.07 bits per heavy atom. The summed E-state index contributed by atoms with van der Waals surface area (Å²) in [7, 11) is 0. The summed E-state index contributed by atoms with van der Waals surface area (Å²) >= 11 is 1.42. The van der Waals surface area contributed by atoms with Crippen molar-refractivity contribution < 1.29 is 9.47 Å². The Bertz CT molecular complexity index is 194. The summed E-state index contributed by atoms with van der Waals surface area (Å²) in [4.78, 5) is 10.0. The van der Waals surface area contributed by atoms with E-state index < -0.39 is 0 Å². The molecular weight excluding hydrogens is 216 g/mol. The third-order valence-corrected chi connectivity index (χ3v) is 2.23. The molecule has 0 unspecified atom stereocenters. The molecule has 0 rings (SSSR count). The van der Waals surface area contributed by atoms with Gasteiger partial charge in [0.2, 0.25) is 0 Å². The van der Waals surface area contributed by atoms with E-state index in [1.54, 1.807) is 0 Å². The molecule has 0 aromatic carbocycles.